The Morgan fingerprint density at radius 3 is 0.342 bits per heavy atom. The number of rotatable bonds is 9. The number of benzene rings is 1. The molecule has 0 saturated heterocycles. The minimum absolute atomic E-state index is 0.103. The Bertz CT molecular complexity index is 4770. The molecule has 0 fully saturated rings. The van der Waals surface area contributed by atoms with Gasteiger partial charge in [0.05, 0.1) is 67.8 Å². The Morgan fingerprint density at radius 2 is 0.239 bits per heavy atom. The average molecular weight is 1550 g/mol. The van der Waals surface area contributed by atoms with Gasteiger partial charge >= 0.3 is 0 Å². The third kappa shape index (κ3) is 16.6. The molecule has 0 heterocycles. The van der Waals surface area contributed by atoms with E-state index in [0.717, 1.165) is 0 Å². The summed E-state index contributed by atoms with van der Waals surface area (Å²) in [5, 5.41) is 0. The first-order chi connectivity index (χ1) is 53.6. The lowest BCUT2D eigenvalue weighted by atomic mass is 9.75. The van der Waals surface area contributed by atoms with Crippen molar-refractivity contribution in [1.82, 2.24) is 0 Å². The predicted molar refractivity (Wildman–Crippen MR) is 511 cm³/mol. The van der Waals surface area contributed by atoms with Crippen LogP contribution in [0.25, 0.3) is 66.8 Å². The van der Waals surface area contributed by atoms with E-state index in [9.17, 15) is 0 Å². The van der Waals surface area contributed by atoms with E-state index in [0.29, 0.717) is 0 Å². The Kier molecular flexibility index (Phi) is 21.2. The van der Waals surface area contributed by atoms with Gasteiger partial charge in [-0.15, -0.1) is 0 Å². The molecule has 0 radical (unpaired) electrons. The van der Waals surface area contributed by atoms with E-state index in [1.54, 1.807) is 0 Å². The van der Waals surface area contributed by atoms with Crippen LogP contribution >= 0.6 is 0 Å². The molecule has 0 heteroatoms. The summed E-state index contributed by atoms with van der Waals surface area (Å²) in [7, 11) is 0. The van der Waals surface area contributed by atoms with E-state index in [-0.39, 0.29) is 65.0 Å². The topological polar surface area (TPSA) is 0 Å². The van der Waals surface area contributed by atoms with Crippen LogP contribution in [0.1, 0.15) is 366 Å². The molecule has 0 atom stereocenters. The highest BCUT2D eigenvalue weighted by Crippen LogP contribution is 2.58. The zero-order valence-electron chi connectivity index (χ0n) is 79.1. The lowest BCUT2D eigenvalue weighted by Gasteiger charge is -2.22. The van der Waals surface area contributed by atoms with Gasteiger partial charge in [0.1, 0.15) is 0 Å². The lowest BCUT2D eigenvalue weighted by Crippen LogP contribution is -2.14. The predicted octanol–water partition coefficient (Wildman–Crippen LogP) is 32.9. The van der Waals surface area contributed by atoms with Crippen molar-refractivity contribution in [2.24, 2.45) is 0 Å². The van der Waals surface area contributed by atoms with Gasteiger partial charge in [0.2, 0.25) is 0 Å². The van der Waals surface area contributed by atoms with Crippen molar-refractivity contribution in [3.63, 3.8) is 0 Å². The van der Waals surface area contributed by atoms with Crippen molar-refractivity contribution >= 4 is 0 Å². The first kappa shape index (κ1) is 85.9. The molecule has 0 unspecified atom stereocenters. The molecule has 0 spiro atoms. The van der Waals surface area contributed by atoms with Crippen molar-refractivity contribution in [2.75, 3.05) is 0 Å². The van der Waals surface area contributed by atoms with Crippen LogP contribution in [-0.2, 0) is 65.0 Å². The molecule has 12 aliphatic carbocycles. The van der Waals surface area contributed by atoms with Gasteiger partial charge in [0.25, 0.3) is 0 Å². The van der Waals surface area contributed by atoms with E-state index >= 15 is 0 Å². The molecule has 0 aromatic heterocycles. The summed E-state index contributed by atoms with van der Waals surface area (Å²) < 4.78 is 0. The highest BCUT2D eigenvalue weighted by atomic mass is 14.5. The number of fused-ring (bicyclic) bond motifs is 6. The van der Waals surface area contributed by atoms with Gasteiger partial charge in [0.15, 0.2) is 0 Å². The first-order valence-electron chi connectivity index (χ1n) is 43.9. The Morgan fingerprint density at radius 1 is 0.128 bits per heavy atom. The maximum absolute atomic E-state index is 2.70. The zero-order valence-corrected chi connectivity index (χ0v) is 79.1. The van der Waals surface area contributed by atoms with E-state index in [1.165, 1.54) is 201 Å². The van der Waals surface area contributed by atoms with E-state index < -0.39 is 0 Å². The molecule has 0 aliphatic heterocycles. The second-order valence-electron chi connectivity index (χ2n) is 47.5. The van der Waals surface area contributed by atoms with E-state index in [4.69, 9.17) is 0 Å². The van der Waals surface area contributed by atoms with E-state index in [2.05, 4.69) is 449 Å². The van der Waals surface area contributed by atoms with Gasteiger partial charge in [-0.2, -0.15) is 0 Å². The van der Waals surface area contributed by atoms with Gasteiger partial charge in [-0.3, -0.25) is 0 Å². The molecule has 0 amide bonds. The highest BCUT2D eigenvalue weighted by Gasteiger charge is 2.46. The summed E-state index contributed by atoms with van der Waals surface area (Å²) in [6, 6.07) is 83.0. The molecule has 0 saturated carbocycles. The van der Waals surface area contributed by atoms with Gasteiger partial charge in [-0.25, -0.2) is 0 Å². The number of hydrogen-bond donors (Lipinski definition) is 0. The van der Waals surface area contributed by atoms with Gasteiger partial charge in [0, 0.05) is 85.0 Å². The lowest BCUT2D eigenvalue weighted by molar-refractivity contribution is 0.590. The van der Waals surface area contributed by atoms with Crippen molar-refractivity contribution < 1.29 is 0 Å². The molecule has 0 N–H and O–H groups in total. The molecule has 12 aliphatic rings. The molecular weight excluding hydrogens is 1410 g/mol. The van der Waals surface area contributed by atoms with Crippen LogP contribution in [-0.4, -0.2) is 0 Å². The van der Waals surface area contributed by atoms with Crippen molar-refractivity contribution in [1.29, 1.82) is 0 Å². The average Bonchev–Trinajstić information content (AvgIpc) is 1.58. The van der Waals surface area contributed by atoms with Crippen LogP contribution in [0.2, 0.25) is 0 Å². The molecule has 0 bridgehead atoms. The molecule has 1 aromatic rings. The van der Waals surface area contributed by atoms with Crippen LogP contribution in [0, 0.1) is 17.8 Å². The Balaban J connectivity index is 1.35. The summed E-state index contributed by atoms with van der Waals surface area (Å²) in [6.07, 6.45) is 0. The standard InChI is InChI=1S/C117H141/c1-106(2,3)73-37-49-79-85(55-43-73)97(112(19,20)21)64-91(79)103(92-65-98(113(22,23)24)86-56-44-74(107(4,5)6)38-50-80(86)92)70-61-71(104(93-66-99(114(25,26)27)87-57-45-75(108(7,8)9)39-51-81(87)93)94-67-100(115(28,29)30)88-58-46-76(109(10,11)12)40-52-82(88)94)63-72(62-70)105(95-68-101(116(31,32)33)89-59-47-77(110(13,14)15)41-53-83(89)95)96-69-102(117(34,35)36)90-60-48-78(111(16,17)18)42-54-84(90)96/h37-69H,1-36H3/q+3. The van der Waals surface area contributed by atoms with Crippen molar-refractivity contribution in [3.05, 3.63) is 335 Å². The van der Waals surface area contributed by atoms with Gasteiger partial charge in [-0.05, 0) is 241 Å². The molecule has 606 valence electrons. The maximum Gasteiger partial charge on any atom is 0.0646 e. The first-order valence-corrected chi connectivity index (χ1v) is 43.9. The highest BCUT2D eigenvalue weighted by molar-refractivity contribution is 5.93. The Labute approximate surface area is 711 Å². The SMILES string of the molecule is CC(C)(C)c1ccc2c([C+](c3cc([C+](c4cc(C(C)(C)C)c5ccc(C(C)(C)C)ccc4-5)c4cc(C(C)(C)C)c5ccc(C(C)(C)C)ccc4-5)cc([C+](c4cc(C(C)(C)C)c5ccc(C(C)(C)C)ccc4-5)c4cc(C(C)(C)C)c5ccc(C(C)(C)C)ccc4-5)c3)c3cc(C(C)(C)C)c4ccc(C(C)(C)C)ccc3-4)cc(C(C)(C)C)c-2cc1. The molecule has 13 rings (SSSR count). The smallest absolute Gasteiger partial charge is 0.0574 e. The summed E-state index contributed by atoms with van der Waals surface area (Å²) in [5.41, 5.74) is 40.1. The van der Waals surface area contributed by atoms with Crippen molar-refractivity contribution in [2.45, 2.75) is 314 Å². The molecule has 0 nitrogen and oxygen atoms in total. The maximum atomic E-state index is 2.70. The largest absolute Gasteiger partial charge is 0.0646 e. The minimum atomic E-state index is -0.232. The van der Waals surface area contributed by atoms with Gasteiger partial charge in [-0.1, -0.05) is 322 Å². The summed E-state index contributed by atoms with van der Waals surface area (Å²) in [4.78, 5) is 0. The van der Waals surface area contributed by atoms with Crippen LogP contribution in [0.5, 0.6) is 0 Å². The normalized spacial score (nSPS) is 13.6. The van der Waals surface area contributed by atoms with Crippen LogP contribution < -0.4 is 0 Å². The monoisotopic (exact) mass is 1550 g/mol. The zero-order chi connectivity index (χ0) is 86.1. The second-order valence-corrected chi connectivity index (χ2v) is 47.5. The molecule has 1 aromatic carbocycles. The third-order valence-corrected chi connectivity index (χ3v) is 25.6. The fourth-order valence-electron chi connectivity index (χ4n) is 18.5. The Hall–Kier alpha value is -8.97. The summed E-state index contributed by atoms with van der Waals surface area (Å²) in [5.74, 6) is 3.68. The third-order valence-electron chi connectivity index (χ3n) is 25.6. The fourth-order valence-corrected chi connectivity index (χ4v) is 18.5. The van der Waals surface area contributed by atoms with Gasteiger partial charge < -0.3 is 0 Å². The van der Waals surface area contributed by atoms with Crippen molar-refractivity contribution in [3.8, 4) is 66.8 Å². The summed E-state index contributed by atoms with van der Waals surface area (Å²) in [6.45, 7) is 86.2. The van der Waals surface area contributed by atoms with Crippen LogP contribution in [0.15, 0.2) is 200 Å². The fraction of sp³-hybridized carbons (Fsp3) is 0.410. The van der Waals surface area contributed by atoms with Crippen LogP contribution in [0.3, 0.4) is 0 Å². The number of hydrogen-bond acceptors (Lipinski definition) is 0. The van der Waals surface area contributed by atoms with Crippen LogP contribution in [0.4, 0.5) is 0 Å². The molecule has 117 heavy (non-hydrogen) atoms. The second kappa shape index (κ2) is 28.9. The van der Waals surface area contributed by atoms with E-state index in [1.807, 2.05) is 0 Å². The quantitative estimate of drug-likeness (QED) is 0.126. The molecular formula is C117H141+3. The summed E-state index contributed by atoms with van der Waals surface area (Å²) >= 11 is 0. The minimum Gasteiger partial charge on any atom is -0.0574 e.